The van der Waals surface area contributed by atoms with Crippen LogP contribution in [0.15, 0.2) is 18.2 Å². The van der Waals surface area contributed by atoms with Crippen LogP contribution in [0.25, 0.3) is 0 Å². The molecule has 3 amide bonds. The molecule has 2 aliphatic rings. The second-order valence-electron chi connectivity index (χ2n) is 9.26. The summed E-state index contributed by atoms with van der Waals surface area (Å²) in [6.45, 7) is 7.72. The predicted molar refractivity (Wildman–Crippen MR) is 118 cm³/mol. The molecule has 1 fully saturated rings. The number of carbonyl (C=O) groups is 3. The van der Waals surface area contributed by atoms with Crippen LogP contribution in [-0.4, -0.2) is 66.4 Å². The van der Waals surface area contributed by atoms with Gasteiger partial charge in [0.15, 0.2) is 11.6 Å². The summed E-state index contributed by atoms with van der Waals surface area (Å²) in [6, 6.07) is 2.24. The lowest BCUT2D eigenvalue weighted by molar-refractivity contribution is -0.139. The lowest BCUT2D eigenvalue weighted by Gasteiger charge is -2.43. The number of fused-ring (bicyclic) bond motifs is 1. The van der Waals surface area contributed by atoms with Crippen LogP contribution < -0.4 is 15.4 Å². The Morgan fingerprint density at radius 1 is 1.33 bits per heavy atom. The Bertz CT molecular complexity index is 910. The smallest absolute Gasteiger partial charge is 0.410 e. The summed E-state index contributed by atoms with van der Waals surface area (Å²) >= 11 is 0. The predicted octanol–water partition coefficient (Wildman–Crippen LogP) is 2.84. The van der Waals surface area contributed by atoms with Gasteiger partial charge in [0, 0.05) is 18.4 Å². The van der Waals surface area contributed by atoms with E-state index in [0.717, 1.165) is 0 Å². The number of ether oxygens (including phenoxy) is 3. The molecular weight excluding hydrogens is 433 g/mol. The molecule has 2 aliphatic heterocycles. The zero-order chi connectivity index (χ0) is 24.4. The van der Waals surface area contributed by atoms with Gasteiger partial charge in [0.2, 0.25) is 5.91 Å². The molecule has 182 valence electrons. The molecule has 10 heteroatoms. The molecule has 1 spiro atoms. The minimum absolute atomic E-state index is 0.0672. The Kier molecular flexibility index (Phi) is 7.16. The number of para-hydroxylation sites is 1. The summed E-state index contributed by atoms with van der Waals surface area (Å²) in [7, 11) is 1.25. The van der Waals surface area contributed by atoms with Gasteiger partial charge in [-0.05, 0) is 39.3 Å². The van der Waals surface area contributed by atoms with Crippen LogP contribution in [0.1, 0.15) is 47.0 Å². The third-order valence-corrected chi connectivity index (χ3v) is 6.04. The van der Waals surface area contributed by atoms with Gasteiger partial charge in [-0.1, -0.05) is 13.0 Å². The van der Waals surface area contributed by atoms with E-state index < -0.39 is 46.9 Å². The summed E-state index contributed by atoms with van der Waals surface area (Å²) in [5.41, 5.74) is -1.73. The van der Waals surface area contributed by atoms with Crippen molar-refractivity contribution in [1.82, 2.24) is 10.2 Å². The Balaban J connectivity index is 1.97. The quantitative estimate of drug-likeness (QED) is 0.708. The first-order valence-corrected chi connectivity index (χ1v) is 11.1. The molecule has 2 heterocycles. The van der Waals surface area contributed by atoms with E-state index >= 15 is 0 Å². The Morgan fingerprint density at radius 3 is 2.58 bits per heavy atom. The number of anilines is 1. The fourth-order valence-corrected chi connectivity index (χ4v) is 4.41. The molecule has 1 aromatic carbocycles. The summed E-state index contributed by atoms with van der Waals surface area (Å²) in [6.07, 6.45) is 0.186. The minimum Gasteiger partial charge on any atom is -0.479 e. The van der Waals surface area contributed by atoms with Crippen molar-refractivity contribution in [3.8, 4) is 5.75 Å². The number of nitrogens with one attached hydrogen (secondary N) is 2. The molecule has 9 nitrogen and oxygen atoms in total. The Morgan fingerprint density at radius 2 is 2.00 bits per heavy atom. The third-order valence-electron chi connectivity index (χ3n) is 6.04. The van der Waals surface area contributed by atoms with E-state index in [1.54, 1.807) is 33.8 Å². The number of benzene rings is 1. The second kappa shape index (κ2) is 9.54. The fourth-order valence-electron chi connectivity index (χ4n) is 4.41. The van der Waals surface area contributed by atoms with Crippen LogP contribution in [0.2, 0.25) is 0 Å². The number of halogens is 1. The van der Waals surface area contributed by atoms with Crippen LogP contribution in [0, 0.1) is 5.82 Å². The molecule has 2 N–H and O–H groups in total. The largest absolute Gasteiger partial charge is 0.479 e. The van der Waals surface area contributed by atoms with E-state index in [2.05, 4.69) is 10.6 Å². The van der Waals surface area contributed by atoms with Gasteiger partial charge in [-0.25, -0.2) is 9.18 Å². The maximum Gasteiger partial charge on any atom is 0.410 e. The van der Waals surface area contributed by atoms with Crippen LogP contribution >= 0.6 is 0 Å². The van der Waals surface area contributed by atoms with E-state index in [1.165, 1.54) is 24.1 Å². The summed E-state index contributed by atoms with van der Waals surface area (Å²) in [5.74, 6) is -1.73. The van der Waals surface area contributed by atoms with Crippen molar-refractivity contribution >= 4 is 23.6 Å². The monoisotopic (exact) mass is 465 g/mol. The van der Waals surface area contributed by atoms with Crippen LogP contribution in [-0.2, 0) is 19.1 Å². The zero-order valence-corrected chi connectivity index (χ0v) is 19.7. The molecule has 3 rings (SSSR count). The second-order valence-corrected chi connectivity index (χ2v) is 9.26. The first kappa shape index (κ1) is 24.8. The normalized spacial score (nSPS) is 20.5. The highest BCUT2D eigenvalue weighted by Crippen LogP contribution is 2.40. The lowest BCUT2D eigenvalue weighted by atomic mass is 9.85. The van der Waals surface area contributed by atoms with Gasteiger partial charge < -0.3 is 24.8 Å². The number of rotatable bonds is 4. The molecule has 0 aliphatic carbocycles. The van der Waals surface area contributed by atoms with E-state index in [0.29, 0.717) is 6.42 Å². The van der Waals surface area contributed by atoms with Crippen molar-refractivity contribution in [1.29, 1.82) is 0 Å². The first-order chi connectivity index (χ1) is 15.5. The highest BCUT2D eigenvalue weighted by atomic mass is 19.1. The Hall–Kier alpha value is -2.88. The van der Waals surface area contributed by atoms with Crippen molar-refractivity contribution in [3.05, 3.63) is 24.0 Å². The first-order valence-electron chi connectivity index (χ1n) is 11.1. The van der Waals surface area contributed by atoms with Gasteiger partial charge in [0.25, 0.3) is 5.91 Å². The number of nitrogens with zero attached hydrogens (tertiary/aromatic N) is 1. The van der Waals surface area contributed by atoms with Crippen molar-refractivity contribution in [2.45, 2.75) is 70.2 Å². The highest BCUT2D eigenvalue weighted by molar-refractivity contribution is 6.01. The number of carbonyl (C=O) groups excluding carboxylic acids is 3. The number of hydrogen-bond acceptors (Lipinski definition) is 6. The van der Waals surface area contributed by atoms with Gasteiger partial charge in [0.1, 0.15) is 17.7 Å². The molecule has 33 heavy (non-hydrogen) atoms. The molecule has 0 unspecified atom stereocenters. The molecule has 0 saturated carbocycles. The molecule has 2 atom stereocenters. The molecule has 0 aromatic heterocycles. The van der Waals surface area contributed by atoms with Gasteiger partial charge in [-0.15, -0.1) is 0 Å². The van der Waals surface area contributed by atoms with Gasteiger partial charge in [-0.2, -0.15) is 0 Å². The fraction of sp³-hybridized carbons (Fsp3) is 0.609. The molecular formula is C23H32FN3O6. The van der Waals surface area contributed by atoms with E-state index in [-0.39, 0.29) is 37.5 Å². The van der Waals surface area contributed by atoms with Crippen LogP contribution in [0.5, 0.6) is 5.75 Å². The molecule has 0 bridgehead atoms. The summed E-state index contributed by atoms with van der Waals surface area (Å²) in [4.78, 5) is 40.6. The van der Waals surface area contributed by atoms with E-state index in [4.69, 9.17) is 14.2 Å². The average Bonchev–Trinajstić information content (AvgIpc) is 2.87. The van der Waals surface area contributed by atoms with Crippen molar-refractivity contribution in [2.24, 2.45) is 0 Å². The maximum atomic E-state index is 14.6. The zero-order valence-electron chi connectivity index (χ0n) is 19.7. The van der Waals surface area contributed by atoms with E-state index in [9.17, 15) is 18.8 Å². The van der Waals surface area contributed by atoms with Crippen LogP contribution in [0.4, 0.5) is 14.9 Å². The van der Waals surface area contributed by atoms with Gasteiger partial charge in [-0.3, -0.25) is 14.5 Å². The number of methoxy groups -OCH3 is 1. The van der Waals surface area contributed by atoms with E-state index in [1.807, 2.05) is 0 Å². The molecule has 1 saturated heterocycles. The molecule has 0 radical (unpaired) electrons. The third kappa shape index (κ3) is 4.90. The van der Waals surface area contributed by atoms with Crippen molar-refractivity contribution < 1.29 is 33.0 Å². The maximum absolute atomic E-state index is 14.6. The summed E-state index contributed by atoms with van der Waals surface area (Å²) in [5, 5.41) is 5.48. The summed E-state index contributed by atoms with van der Waals surface area (Å²) < 4.78 is 31.1. The van der Waals surface area contributed by atoms with Gasteiger partial charge >= 0.3 is 6.09 Å². The topological polar surface area (TPSA) is 106 Å². The SMILES string of the molecule is CC[C@@H](C(=O)N[C@@H]1C(=O)Nc2cccc(F)c2OC12CCOCC2)N(C(=O)OC)C(C)(C)C. The minimum atomic E-state index is -1.21. The van der Waals surface area contributed by atoms with Crippen molar-refractivity contribution in [3.63, 3.8) is 0 Å². The standard InChI is InChI=1S/C23H32FN3O6/c1-6-16(27(21(30)31-5)22(2,3)4)19(28)26-18-20(29)25-15-9-7-8-14(24)17(15)33-23(18)10-12-32-13-11-23/h7-9,16,18H,6,10-13H2,1-5H3,(H,25,29)(H,26,28)/t16-,18+/m0/s1. The van der Waals surface area contributed by atoms with Crippen LogP contribution in [0.3, 0.4) is 0 Å². The highest BCUT2D eigenvalue weighted by Gasteiger charge is 2.51. The molecule has 1 aromatic rings. The number of amides is 3. The average molecular weight is 466 g/mol. The number of hydrogen-bond donors (Lipinski definition) is 2. The van der Waals surface area contributed by atoms with Gasteiger partial charge in [0.05, 0.1) is 26.0 Å². The lowest BCUT2D eigenvalue weighted by Crippen LogP contribution is -2.65. The van der Waals surface area contributed by atoms with Crippen molar-refractivity contribution in [2.75, 3.05) is 25.6 Å². The Labute approximate surface area is 192 Å².